The van der Waals surface area contributed by atoms with Gasteiger partial charge >= 0.3 is 0 Å². The third kappa shape index (κ3) is 3.53. The Kier molecular flexibility index (Phi) is 4.08. The third-order valence-electron chi connectivity index (χ3n) is 3.83. The van der Waals surface area contributed by atoms with E-state index in [-0.39, 0.29) is 23.1 Å². The Morgan fingerprint density at radius 1 is 1.48 bits per heavy atom. The summed E-state index contributed by atoms with van der Waals surface area (Å²) in [6.45, 7) is 4.56. The number of rotatable bonds is 3. The first-order valence-electron chi connectivity index (χ1n) is 7.42. The van der Waals surface area contributed by atoms with Crippen LogP contribution in [0.2, 0.25) is 0 Å². The number of amides is 1. The topological polar surface area (TPSA) is 81.9 Å². The minimum atomic E-state index is -0.487. The quantitative estimate of drug-likeness (QED) is 0.927. The van der Waals surface area contributed by atoms with Crippen molar-refractivity contribution in [3.63, 3.8) is 0 Å². The molecule has 0 aliphatic carbocycles. The van der Waals surface area contributed by atoms with Crippen LogP contribution in [0.3, 0.4) is 0 Å². The molecule has 1 aromatic carbocycles. The summed E-state index contributed by atoms with van der Waals surface area (Å²) in [5.41, 5.74) is 0.346. The zero-order valence-corrected chi connectivity index (χ0v) is 13.0. The van der Waals surface area contributed by atoms with Gasteiger partial charge in [-0.2, -0.15) is 4.68 Å². The molecular weight excluding hydrogens is 301 g/mol. The predicted molar refractivity (Wildman–Crippen MR) is 79.6 cm³/mol. The summed E-state index contributed by atoms with van der Waals surface area (Å²) in [5, 5.41) is 13.8. The van der Waals surface area contributed by atoms with Gasteiger partial charge in [0.15, 0.2) is 0 Å². The molecule has 0 radical (unpaired) electrons. The lowest BCUT2D eigenvalue weighted by Gasteiger charge is -2.35. The molecule has 1 aromatic heterocycles. The molecule has 7 nitrogen and oxygen atoms in total. The standard InChI is InChI=1S/C15H18FN5O2/c1-15(2)8-11(5-6-23-15)18-14(22)12-7-10(16)3-4-13(12)21-9-17-19-20-21/h3-4,7,9,11H,5-6,8H2,1-2H3,(H,18,22). The van der Waals surface area contributed by atoms with E-state index in [0.717, 1.165) is 6.42 Å². The molecule has 1 N–H and O–H groups in total. The van der Waals surface area contributed by atoms with Gasteiger partial charge in [-0.05, 0) is 55.3 Å². The lowest BCUT2D eigenvalue weighted by atomic mass is 9.93. The van der Waals surface area contributed by atoms with Crippen LogP contribution in [0, 0.1) is 5.82 Å². The van der Waals surface area contributed by atoms with Crippen LogP contribution in [-0.4, -0.2) is 44.4 Å². The molecule has 1 amide bonds. The van der Waals surface area contributed by atoms with E-state index in [2.05, 4.69) is 20.8 Å². The number of carbonyl (C=O) groups excluding carboxylic acids is 1. The zero-order valence-electron chi connectivity index (χ0n) is 13.0. The van der Waals surface area contributed by atoms with Gasteiger partial charge in [0.25, 0.3) is 5.91 Å². The van der Waals surface area contributed by atoms with Crippen molar-refractivity contribution in [1.82, 2.24) is 25.5 Å². The van der Waals surface area contributed by atoms with Gasteiger partial charge in [-0.1, -0.05) is 0 Å². The number of tetrazole rings is 1. The first-order chi connectivity index (χ1) is 10.9. The van der Waals surface area contributed by atoms with Gasteiger partial charge in [-0.3, -0.25) is 4.79 Å². The normalized spacial score (nSPS) is 20.2. The fourth-order valence-corrected chi connectivity index (χ4v) is 2.78. The number of halogens is 1. The predicted octanol–water partition coefficient (Wildman–Crippen LogP) is 1.49. The van der Waals surface area contributed by atoms with Crippen molar-refractivity contribution in [2.24, 2.45) is 0 Å². The molecule has 0 bridgehead atoms. The molecule has 1 unspecified atom stereocenters. The summed E-state index contributed by atoms with van der Waals surface area (Å²) in [6, 6.07) is 3.92. The number of carbonyl (C=O) groups is 1. The van der Waals surface area contributed by atoms with E-state index < -0.39 is 5.82 Å². The summed E-state index contributed by atoms with van der Waals surface area (Å²) in [4.78, 5) is 12.6. The maximum absolute atomic E-state index is 13.6. The summed E-state index contributed by atoms with van der Waals surface area (Å²) in [7, 11) is 0. The highest BCUT2D eigenvalue weighted by Gasteiger charge is 2.30. The zero-order chi connectivity index (χ0) is 16.4. The Labute approximate surface area is 132 Å². The van der Waals surface area contributed by atoms with Crippen LogP contribution in [-0.2, 0) is 4.74 Å². The number of nitrogens with one attached hydrogen (secondary N) is 1. The van der Waals surface area contributed by atoms with Gasteiger partial charge in [0, 0.05) is 12.6 Å². The molecule has 3 rings (SSSR count). The molecule has 2 heterocycles. The lowest BCUT2D eigenvalue weighted by Crippen LogP contribution is -2.46. The Hall–Kier alpha value is -2.35. The Morgan fingerprint density at radius 3 is 3.00 bits per heavy atom. The molecule has 23 heavy (non-hydrogen) atoms. The van der Waals surface area contributed by atoms with Crippen molar-refractivity contribution in [3.8, 4) is 5.69 Å². The molecule has 8 heteroatoms. The van der Waals surface area contributed by atoms with Crippen LogP contribution in [0.4, 0.5) is 4.39 Å². The largest absolute Gasteiger partial charge is 0.375 e. The molecule has 1 aliphatic heterocycles. The van der Waals surface area contributed by atoms with Crippen LogP contribution in [0.15, 0.2) is 24.5 Å². The minimum absolute atomic E-state index is 0.0174. The average Bonchev–Trinajstić information content (AvgIpc) is 3.00. The van der Waals surface area contributed by atoms with E-state index in [1.165, 1.54) is 29.2 Å². The van der Waals surface area contributed by atoms with Crippen LogP contribution in [0.1, 0.15) is 37.0 Å². The van der Waals surface area contributed by atoms with Crippen molar-refractivity contribution in [3.05, 3.63) is 35.9 Å². The Bertz CT molecular complexity index is 702. The summed E-state index contributed by atoms with van der Waals surface area (Å²) in [5.74, 6) is -0.836. The molecule has 2 aromatic rings. The highest BCUT2D eigenvalue weighted by atomic mass is 19.1. The molecule has 1 aliphatic rings. The van der Waals surface area contributed by atoms with Crippen LogP contribution < -0.4 is 5.32 Å². The second-order valence-electron chi connectivity index (χ2n) is 6.19. The second-order valence-corrected chi connectivity index (χ2v) is 6.19. The van der Waals surface area contributed by atoms with Crippen molar-refractivity contribution in [1.29, 1.82) is 0 Å². The fraction of sp³-hybridized carbons (Fsp3) is 0.467. The van der Waals surface area contributed by atoms with Crippen LogP contribution in [0.25, 0.3) is 5.69 Å². The van der Waals surface area contributed by atoms with E-state index in [9.17, 15) is 9.18 Å². The molecule has 0 spiro atoms. The molecule has 1 saturated heterocycles. The van der Waals surface area contributed by atoms with Crippen molar-refractivity contribution in [2.45, 2.75) is 38.3 Å². The van der Waals surface area contributed by atoms with Gasteiger partial charge in [-0.25, -0.2) is 4.39 Å². The maximum atomic E-state index is 13.6. The second kappa shape index (κ2) is 6.04. The van der Waals surface area contributed by atoms with E-state index in [4.69, 9.17) is 4.74 Å². The number of benzene rings is 1. The SMILES string of the molecule is CC1(C)CC(NC(=O)c2cc(F)ccc2-n2cnnn2)CCO1. The number of aromatic nitrogens is 4. The molecule has 1 fully saturated rings. The van der Waals surface area contributed by atoms with Gasteiger partial charge in [0.2, 0.25) is 0 Å². The van der Waals surface area contributed by atoms with E-state index in [1.54, 1.807) is 0 Å². The number of hydrogen-bond donors (Lipinski definition) is 1. The monoisotopic (exact) mass is 319 g/mol. The summed E-state index contributed by atoms with van der Waals surface area (Å²) >= 11 is 0. The highest BCUT2D eigenvalue weighted by molar-refractivity contribution is 5.97. The van der Waals surface area contributed by atoms with Crippen molar-refractivity contribution in [2.75, 3.05) is 6.61 Å². The molecule has 122 valence electrons. The summed E-state index contributed by atoms with van der Waals surface area (Å²) in [6.07, 6.45) is 2.79. The van der Waals surface area contributed by atoms with E-state index in [0.29, 0.717) is 18.7 Å². The van der Waals surface area contributed by atoms with Gasteiger partial charge in [0.1, 0.15) is 12.1 Å². The average molecular weight is 319 g/mol. The number of hydrogen-bond acceptors (Lipinski definition) is 5. The van der Waals surface area contributed by atoms with Gasteiger partial charge < -0.3 is 10.1 Å². The molecule has 1 atom stereocenters. The Balaban J connectivity index is 1.83. The first-order valence-corrected chi connectivity index (χ1v) is 7.42. The maximum Gasteiger partial charge on any atom is 0.253 e. The summed E-state index contributed by atoms with van der Waals surface area (Å²) < 4.78 is 20.6. The lowest BCUT2D eigenvalue weighted by molar-refractivity contribution is -0.0615. The minimum Gasteiger partial charge on any atom is -0.375 e. The molecular formula is C15H18FN5O2. The van der Waals surface area contributed by atoms with Gasteiger partial charge in [0.05, 0.1) is 16.9 Å². The van der Waals surface area contributed by atoms with Crippen molar-refractivity contribution < 1.29 is 13.9 Å². The third-order valence-corrected chi connectivity index (χ3v) is 3.83. The first kappa shape index (κ1) is 15.5. The van der Waals surface area contributed by atoms with E-state index in [1.807, 2.05) is 13.8 Å². The van der Waals surface area contributed by atoms with Crippen LogP contribution >= 0.6 is 0 Å². The van der Waals surface area contributed by atoms with Crippen LogP contribution in [0.5, 0.6) is 0 Å². The van der Waals surface area contributed by atoms with E-state index >= 15 is 0 Å². The highest BCUT2D eigenvalue weighted by Crippen LogP contribution is 2.24. The molecule has 0 saturated carbocycles. The number of ether oxygens (including phenoxy) is 1. The van der Waals surface area contributed by atoms with Gasteiger partial charge in [-0.15, -0.1) is 5.10 Å². The Morgan fingerprint density at radius 2 is 2.30 bits per heavy atom. The fourth-order valence-electron chi connectivity index (χ4n) is 2.78. The number of nitrogens with zero attached hydrogens (tertiary/aromatic N) is 4. The smallest absolute Gasteiger partial charge is 0.253 e. The van der Waals surface area contributed by atoms with Crippen molar-refractivity contribution >= 4 is 5.91 Å².